The Hall–Kier alpha value is -1.27. The van der Waals surface area contributed by atoms with Crippen molar-refractivity contribution in [3.8, 4) is 0 Å². The third-order valence-electron chi connectivity index (χ3n) is 2.79. The average Bonchev–Trinajstić information content (AvgIpc) is 2.40. The second-order valence-corrected chi connectivity index (χ2v) is 6.18. The molecule has 0 spiro atoms. The van der Waals surface area contributed by atoms with Crippen molar-refractivity contribution in [3.05, 3.63) is 68.1 Å². The van der Waals surface area contributed by atoms with Crippen molar-refractivity contribution >= 4 is 37.8 Å². The molecule has 0 unspecified atom stereocenters. The lowest BCUT2D eigenvalue weighted by Crippen LogP contribution is -2.26. The molecule has 0 heterocycles. The normalized spacial score (nSPS) is 10.5. The van der Waals surface area contributed by atoms with Crippen LogP contribution in [-0.4, -0.2) is 12.5 Å². The van der Waals surface area contributed by atoms with Gasteiger partial charge < -0.3 is 5.32 Å². The maximum atomic E-state index is 13.0. The van der Waals surface area contributed by atoms with E-state index in [9.17, 15) is 13.6 Å². The predicted molar refractivity (Wildman–Crippen MR) is 84.2 cm³/mol. The molecule has 2 aromatic carbocycles. The van der Waals surface area contributed by atoms with E-state index in [1.54, 1.807) is 12.1 Å². The van der Waals surface area contributed by atoms with Gasteiger partial charge in [0.2, 0.25) is 0 Å². The zero-order chi connectivity index (χ0) is 15.4. The fraction of sp³-hybridized carbons (Fsp3) is 0.133. The summed E-state index contributed by atoms with van der Waals surface area (Å²) >= 11 is 6.61. The summed E-state index contributed by atoms with van der Waals surface area (Å²) in [4.78, 5) is 12.0. The third-order valence-corrected chi connectivity index (χ3v) is 3.98. The standard InChI is InChI=1S/C15H11Br2F2NO/c16-10-1-2-14(17)13(7-10)15(21)20-4-3-9-5-11(18)8-12(19)6-9/h1-2,5-8H,3-4H2,(H,20,21). The van der Waals surface area contributed by atoms with Crippen molar-refractivity contribution in [2.75, 3.05) is 6.54 Å². The molecule has 0 aliphatic heterocycles. The Bertz CT molecular complexity index is 656. The maximum absolute atomic E-state index is 13.0. The smallest absolute Gasteiger partial charge is 0.252 e. The molecular formula is C15H11Br2F2NO. The van der Waals surface area contributed by atoms with Gasteiger partial charge in [0.25, 0.3) is 5.91 Å². The van der Waals surface area contributed by atoms with Crippen LogP contribution in [0.4, 0.5) is 8.78 Å². The van der Waals surface area contributed by atoms with Crippen LogP contribution in [-0.2, 0) is 6.42 Å². The second-order valence-electron chi connectivity index (χ2n) is 4.41. The monoisotopic (exact) mass is 417 g/mol. The van der Waals surface area contributed by atoms with E-state index in [2.05, 4.69) is 37.2 Å². The topological polar surface area (TPSA) is 29.1 Å². The molecule has 2 rings (SSSR count). The van der Waals surface area contributed by atoms with E-state index in [1.165, 1.54) is 12.1 Å². The number of amides is 1. The third kappa shape index (κ3) is 4.61. The van der Waals surface area contributed by atoms with Gasteiger partial charge in [0.15, 0.2) is 0 Å². The SMILES string of the molecule is O=C(NCCc1cc(F)cc(F)c1)c1cc(Br)ccc1Br. The molecule has 0 fully saturated rings. The molecule has 2 aromatic rings. The predicted octanol–water partition coefficient (Wildman–Crippen LogP) is 4.46. The van der Waals surface area contributed by atoms with Gasteiger partial charge in [-0.1, -0.05) is 15.9 Å². The van der Waals surface area contributed by atoms with Gasteiger partial charge in [0.05, 0.1) is 5.56 Å². The Balaban J connectivity index is 1.96. The van der Waals surface area contributed by atoms with E-state index < -0.39 is 11.6 Å². The average molecular weight is 419 g/mol. The van der Waals surface area contributed by atoms with Crippen molar-refractivity contribution in [1.29, 1.82) is 0 Å². The Morgan fingerprint density at radius 2 is 1.71 bits per heavy atom. The number of hydrogen-bond donors (Lipinski definition) is 1. The zero-order valence-corrected chi connectivity index (χ0v) is 14.0. The number of carbonyl (C=O) groups excluding carboxylic acids is 1. The number of halogens is 4. The van der Waals surface area contributed by atoms with E-state index in [0.717, 1.165) is 10.5 Å². The van der Waals surface area contributed by atoms with Gasteiger partial charge in [-0.25, -0.2) is 8.78 Å². The first-order valence-corrected chi connectivity index (χ1v) is 7.72. The van der Waals surface area contributed by atoms with Crippen molar-refractivity contribution in [3.63, 3.8) is 0 Å². The van der Waals surface area contributed by atoms with Crippen molar-refractivity contribution in [2.45, 2.75) is 6.42 Å². The molecule has 0 aliphatic rings. The molecule has 110 valence electrons. The van der Waals surface area contributed by atoms with Crippen LogP contribution in [0.15, 0.2) is 45.3 Å². The summed E-state index contributed by atoms with van der Waals surface area (Å²) in [6, 6.07) is 8.60. The van der Waals surface area contributed by atoms with Crippen LogP contribution in [0, 0.1) is 11.6 Å². The Labute approximate surface area is 137 Å². The summed E-state index contributed by atoms with van der Waals surface area (Å²) in [6.45, 7) is 0.292. The number of benzene rings is 2. The largest absolute Gasteiger partial charge is 0.352 e. The van der Waals surface area contributed by atoms with Gasteiger partial charge in [-0.2, -0.15) is 0 Å². The van der Waals surface area contributed by atoms with E-state index >= 15 is 0 Å². The fourth-order valence-corrected chi connectivity index (χ4v) is 2.63. The molecule has 21 heavy (non-hydrogen) atoms. The number of carbonyl (C=O) groups is 1. The highest BCUT2D eigenvalue weighted by Gasteiger charge is 2.10. The number of hydrogen-bond acceptors (Lipinski definition) is 1. The molecule has 0 atom stereocenters. The summed E-state index contributed by atoms with van der Waals surface area (Å²) in [6.07, 6.45) is 0.353. The van der Waals surface area contributed by atoms with Crippen LogP contribution >= 0.6 is 31.9 Å². The fourth-order valence-electron chi connectivity index (χ4n) is 1.84. The first kappa shape index (κ1) is 16.1. The highest BCUT2D eigenvalue weighted by atomic mass is 79.9. The van der Waals surface area contributed by atoms with Gasteiger partial charge in [-0.15, -0.1) is 0 Å². The minimum atomic E-state index is -0.619. The lowest BCUT2D eigenvalue weighted by molar-refractivity contribution is 0.0953. The van der Waals surface area contributed by atoms with Gasteiger partial charge in [0, 0.05) is 21.6 Å². The number of rotatable bonds is 4. The van der Waals surface area contributed by atoms with Gasteiger partial charge in [-0.3, -0.25) is 4.79 Å². The summed E-state index contributed by atoms with van der Waals surface area (Å²) in [5.74, 6) is -1.49. The van der Waals surface area contributed by atoms with Crippen LogP contribution in [0.5, 0.6) is 0 Å². The van der Waals surface area contributed by atoms with Crippen LogP contribution in [0.3, 0.4) is 0 Å². The van der Waals surface area contributed by atoms with Gasteiger partial charge >= 0.3 is 0 Å². The van der Waals surface area contributed by atoms with Crippen molar-refractivity contribution in [1.82, 2.24) is 5.32 Å². The zero-order valence-electron chi connectivity index (χ0n) is 10.8. The Morgan fingerprint density at radius 3 is 2.38 bits per heavy atom. The van der Waals surface area contributed by atoms with E-state index in [1.807, 2.05) is 6.07 Å². The molecule has 0 bridgehead atoms. The lowest BCUT2D eigenvalue weighted by Gasteiger charge is -2.08. The number of nitrogens with one attached hydrogen (secondary N) is 1. The summed E-state index contributed by atoms with van der Waals surface area (Å²) < 4.78 is 27.5. The molecule has 0 aromatic heterocycles. The molecule has 0 radical (unpaired) electrons. The van der Waals surface area contributed by atoms with Gasteiger partial charge in [0.1, 0.15) is 11.6 Å². The minimum absolute atomic E-state index is 0.250. The van der Waals surface area contributed by atoms with Crippen molar-refractivity contribution < 1.29 is 13.6 Å². The molecule has 0 saturated carbocycles. The van der Waals surface area contributed by atoms with Crippen molar-refractivity contribution in [2.24, 2.45) is 0 Å². The molecular weight excluding hydrogens is 408 g/mol. The second kappa shape index (κ2) is 7.13. The molecule has 1 N–H and O–H groups in total. The van der Waals surface area contributed by atoms with Crippen LogP contribution in [0.1, 0.15) is 15.9 Å². The molecule has 2 nitrogen and oxygen atoms in total. The van der Waals surface area contributed by atoms with Crippen LogP contribution < -0.4 is 5.32 Å². The first-order chi connectivity index (χ1) is 9.95. The first-order valence-electron chi connectivity index (χ1n) is 6.14. The highest BCUT2D eigenvalue weighted by molar-refractivity contribution is 9.11. The summed E-state index contributed by atoms with van der Waals surface area (Å²) in [5.41, 5.74) is 0.996. The van der Waals surface area contributed by atoms with Crippen LogP contribution in [0.25, 0.3) is 0 Å². The van der Waals surface area contributed by atoms with Gasteiger partial charge in [-0.05, 0) is 58.2 Å². The Kier molecular flexibility index (Phi) is 5.47. The minimum Gasteiger partial charge on any atom is -0.352 e. The molecule has 1 amide bonds. The highest BCUT2D eigenvalue weighted by Crippen LogP contribution is 2.21. The van der Waals surface area contributed by atoms with E-state index in [-0.39, 0.29) is 5.91 Å². The van der Waals surface area contributed by atoms with E-state index in [0.29, 0.717) is 28.6 Å². The maximum Gasteiger partial charge on any atom is 0.252 e. The molecule has 0 aliphatic carbocycles. The van der Waals surface area contributed by atoms with E-state index in [4.69, 9.17) is 0 Å². The summed E-state index contributed by atoms with van der Waals surface area (Å²) in [5, 5.41) is 2.72. The van der Waals surface area contributed by atoms with Crippen LogP contribution in [0.2, 0.25) is 0 Å². The quantitative estimate of drug-likeness (QED) is 0.780. The molecule has 6 heteroatoms. The lowest BCUT2D eigenvalue weighted by atomic mass is 10.1. The molecule has 0 saturated heterocycles. The summed E-state index contributed by atoms with van der Waals surface area (Å²) in [7, 11) is 0. The Morgan fingerprint density at radius 1 is 1.05 bits per heavy atom.